The van der Waals surface area contributed by atoms with E-state index in [1.807, 2.05) is 18.2 Å². The molecular formula is C13H22N2O2. The van der Waals surface area contributed by atoms with Crippen LogP contribution in [0.25, 0.3) is 0 Å². The highest BCUT2D eigenvalue weighted by Gasteiger charge is 2.09. The van der Waals surface area contributed by atoms with Crippen molar-refractivity contribution < 1.29 is 9.47 Å². The molecule has 1 aromatic rings. The van der Waals surface area contributed by atoms with Gasteiger partial charge in [0.15, 0.2) is 0 Å². The van der Waals surface area contributed by atoms with E-state index in [4.69, 9.17) is 15.2 Å². The van der Waals surface area contributed by atoms with E-state index < -0.39 is 0 Å². The average molecular weight is 238 g/mol. The molecule has 0 aromatic heterocycles. The normalized spacial score (nSPS) is 12.8. The third kappa shape index (κ3) is 4.73. The molecule has 1 unspecified atom stereocenters. The largest absolute Gasteiger partial charge is 0.497 e. The number of likely N-dealkylation sites (N-methyl/N-ethyl adjacent to an activating group) is 1. The van der Waals surface area contributed by atoms with Crippen LogP contribution in [0.15, 0.2) is 24.3 Å². The number of nitrogens with two attached hydrogens (primary N) is 1. The number of hydrogen-bond acceptors (Lipinski definition) is 4. The van der Waals surface area contributed by atoms with Crippen LogP contribution in [0.1, 0.15) is 5.56 Å². The van der Waals surface area contributed by atoms with Gasteiger partial charge in [0.1, 0.15) is 5.75 Å². The van der Waals surface area contributed by atoms with Crippen LogP contribution in [0, 0.1) is 0 Å². The molecule has 1 rings (SSSR count). The van der Waals surface area contributed by atoms with Crippen LogP contribution in [-0.2, 0) is 11.3 Å². The van der Waals surface area contributed by atoms with Crippen molar-refractivity contribution in [2.75, 3.05) is 34.4 Å². The molecule has 0 spiro atoms. The van der Waals surface area contributed by atoms with Crippen molar-refractivity contribution >= 4 is 0 Å². The molecule has 0 saturated heterocycles. The van der Waals surface area contributed by atoms with Gasteiger partial charge in [-0.25, -0.2) is 0 Å². The Bertz CT molecular complexity index is 327. The number of hydrogen-bond donors (Lipinski definition) is 1. The Labute approximate surface area is 103 Å². The zero-order valence-corrected chi connectivity index (χ0v) is 10.8. The molecule has 4 heteroatoms. The summed E-state index contributed by atoms with van der Waals surface area (Å²) in [6.07, 6.45) is 0.0885. The summed E-state index contributed by atoms with van der Waals surface area (Å²) in [4.78, 5) is 2.19. The van der Waals surface area contributed by atoms with Crippen molar-refractivity contribution in [1.29, 1.82) is 0 Å². The Balaban J connectivity index is 2.52. The highest BCUT2D eigenvalue weighted by Crippen LogP contribution is 2.13. The summed E-state index contributed by atoms with van der Waals surface area (Å²) in [6.45, 7) is 2.22. The maximum Gasteiger partial charge on any atom is 0.119 e. The fourth-order valence-electron chi connectivity index (χ4n) is 1.74. The lowest BCUT2D eigenvalue weighted by Crippen LogP contribution is -2.35. The fraction of sp³-hybridized carbons (Fsp3) is 0.538. The molecular weight excluding hydrogens is 216 g/mol. The molecule has 0 amide bonds. The van der Waals surface area contributed by atoms with Gasteiger partial charge in [0, 0.05) is 26.7 Å². The summed E-state index contributed by atoms with van der Waals surface area (Å²) in [5.41, 5.74) is 6.82. The standard InChI is InChI=1S/C13H22N2O2/c1-15(10-13(8-14)17-3)9-11-5-4-6-12(7-11)16-2/h4-7,13H,8-10,14H2,1-3H3. The predicted molar refractivity (Wildman–Crippen MR) is 69.2 cm³/mol. The number of methoxy groups -OCH3 is 2. The van der Waals surface area contributed by atoms with Crippen molar-refractivity contribution in [3.63, 3.8) is 0 Å². The van der Waals surface area contributed by atoms with Gasteiger partial charge in [-0.3, -0.25) is 4.90 Å². The van der Waals surface area contributed by atoms with Gasteiger partial charge in [0.25, 0.3) is 0 Å². The van der Waals surface area contributed by atoms with Crippen molar-refractivity contribution in [2.24, 2.45) is 5.73 Å². The molecule has 0 heterocycles. The quantitative estimate of drug-likeness (QED) is 0.773. The first-order valence-corrected chi connectivity index (χ1v) is 5.74. The van der Waals surface area contributed by atoms with E-state index in [0.29, 0.717) is 6.54 Å². The molecule has 2 N–H and O–H groups in total. The van der Waals surface area contributed by atoms with Crippen LogP contribution < -0.4 is 10.5 Å². The fourth-order valence-corrected chi connectivity index (χ4v) is 1.74. The Morgan fingerprint density at radius 2 is 2.12 bits per heavy atom. The summed E-state index contributed by atoms with van der Waals surface area (Å²) in [7, 11) is 5.43. The first-order valence-electron chi connectivity index (χ1n) is 5.74. The minimum Gasteiger partial charge on any atom is -0.497 e. The minimum absolute atomic E-state index is 0.0885. The second-order valence-electron chi connectivity index (χ2n) is 4.14. The van der Waals surface area contributed by atoms with Crippen LogP contribution >= 0.6 is 0 Å². The highest BCUT2D eigenvalue weighted by atomic mass is 16.5. The molecule has 1 atom stereocenters. The molecule has 0 saturated carbocycles. The summed E-state index contributed by atoms with van der Waals surface area (Å²) >= 11 is 0. The van der Waals surface area contributed by atoms with Gasteiger partial charge in [-0.05, 0) is 24.7 Å². The average Bonchev–Trinajstić information content (AvgIpc) is 2.36. The highest BCUT2D eigenvalue weighted by molar-refractivity contribution is 5.28. The molecule has 0 aliphatic carbocycles. The topological polar surface area (TPSA) is 47.7 Å². The Hall–Kier alpha value is -1.10. The lowest BCUT2D eigenvalue weighted by molar-refractivity contribution is 0.0761. The zero-order valence-electron chi connectivity index (χ0n) is 10.8. The third-order valence-corrected chi connectivity index (χ3v) is 2.70. The van der Waals surface area contributed by atoms with E-state index in [1.54, 1.807) is 14.2 Å². The van der Waals surface area contributed by atoms with Gasteiger partial charge in [-0.1, -0.05) is 12.1 Å². The van der Waals surface area contributed by atoms with E-state index >= 15 is 0 Å². The molecule has 0 radical (unpaired) electrons. The Morgan fingerprint density at radius 1 is 1.35 bits per heavy atom. The van der Waals surface area contributed by atoms with Gasteiger partial charge < -0.3 is 15.2 Å². The van der Waals surface area contributed by atoms with Crippen LogP contribution in [0.2, 0.25) is 0 Å². The second kappa shape index (κ2) is 7.27. The van der Waals surface area contributed by atoms with Crippen LogP contribution in [0.4, 0.5) is 0 Å². The summed E-state index contributed by atoms with van der Waals surface area (Å²) in [5, 5.41) is 0. The van der Waals surface area contributed by atoms with Crippen LogP contribution in [-0.4, -0.2) is 45.4 Å². The van der Waals surface area contributed by atoms with Crippen molar-refractivity contribution in [2.45, 2.75) is 12.6 Å². The minimum atomic E-state index is 0.0885. The second-order valence-corrected chi connectivity index (χ2v) is 4.14. The van der Waals surface area contributed by atoms with Gasteiger partial charge in [-0.15, -0.1) is 0 Å². The number of nitrogens with zero attached hydrogens (tertiary/aromatic N) is 1. The number of benzene rings is 1. The number of rotatable bonds is 7. The van der Waals surface area contributed by atoms with Crippen LogP contribution in [0.3, 0.4) is 0 Å². The van der Waals surface area contributed by atoms with Crippen molar-refractivity contribution in [3.8, 4) is 5.75 Å². The summed E-state index contributed by atoms with van der Waals surface area (Å²) in [5.74, 6) is 0.887. The molecule has 96 valence electrons. The van der Waals surface area contributed by atoms with E-state index in [1.165, 1.54) is 5.56 Å². The van der Waals surface area contributed by atoms with E-state index in [9.17, 15) is 0 Å². The third-order valence-electron chi connectivity index (χ3n) is 2.70. The predicted octanol–water partition coefficient (Wildman–Crippen LogP) is 1.10. The molecule has 4 nitrogen and oxygen atoms in total. The monoisotopic (exact) mass is 238 g/mol. The summed E-state index contributed by atoms with van der Waals surface area (Å²) in [6, 6.07) is 8.07. The Kier molecular flexibility index (Phi) is 5.97. The van der Waals surface area contributed by atoms with Gasteiger partial charge in [0.2, 0.25) is 0 Å². The lowest BCUT2D eigenvalue weighted by atomic mass is 10.2. The van der Waals surface area contributed by atoms with Crippen LogP contribution in [0.5, 0.6) is 5.75 Å². The van der Waals surface area contributed by atoms with Gasteiger partial charge >= 0.3 is 0 Å². The van der Waals surface area contributed by atoms with Gasteiger partial charge in [0.05, 0.1) is 13.2 Å². The first kappa shape index (κ1) is 14.0. The SMILES string of the molecule is COc1cccc(CN(C)CC(CN)OC)c1. The molecule has 0 aliphatic heterocycles. The maximum absolute atomic E-state index is 5.60. The molecule has 0 bridgehead atoms. The molecule has 1 aromatic carbocycles. The van der Waals surface area contributed by atoms with E-state index in [2.05, 4.69) is 18.0 Å². The molecule has 0 aliphatic rings. The van der Waals surface area contributed by atoms with Crippen molar-refractivity contribution in [3.05, 3.63) is 29.8 Å². The maximum atomic E-state index is 5.60. The van der Waals surface area contributed by atoms with Gasteiger partial charge in [-0.2, -0.15) is 0 Å². The van der Waals surface area contributed by atoms with E-state index in [-0.39, 0.29) is 6.10 Å². The number of ether oxygens (including phenoxy) is 2. The Morgan fingerprint density at radius 3 is 2.71 bits per heavy atom. The first-order chi connectivity index (χ1) is 8.19. The van der Waals surface area contributed by atoms with Crippen molar-refractivity contribution in [1.82, 2.24) is 4.90 Å². The zero-order chi connectivity index (χ0) is 12.7. The smallest absolute Gasteiger partial charge is 0.119 e. The molecule has 0 fully saturated rings. The summed E-state index contributed by atoms with van der Waals surface area (Å²) < 4.78 is 10.5. The van der Waals surface area contributed by atoms with E-state index in [0.717, 1.165) is 18.8 Å². The molecule has 17 heavy (non-hydrogen) atoms. The lowest BCUT2D eigenvalue weighted by Gasteiger charge is -2.22.